The molecule has 170 valence electrons. The number of aromatic carboxylic acids is 1. The highest BCUT2D eigenvalue weighted by Gasteiger charge is 2.27. The van der Waals surface area contributed by atoms with Crippen LogP contribution in [0.1, 0.15) is 59.5 Å². The highest BCUT2D eigenvalue weighted by Crippen LogP contribution is 2.39. The minimum atomic E-state index is -1.08. The first-order valence-electron chi connectivity index (χ1n) is 11.2. The first-order chi connectivity index (χ1) is 16.0. The third kappa shape index (κ3) is 4.72. The first kappa shape index (κ1) is 21.1. The summed E-state index contributed by atoms with van der Waals surface area (Å²) in [6.07, 6.45) is 12.2. The minimum absolute atomic E-state index is 0.0480. The Balaban J connectivity index is 1.22. The molecule has 0 unspecified atom stereocenters. The Bertz CT molecular complexity index is 1240. The molecule has 2 aliphatic carbocycles. The van der Waals surface area contributed by atoms with Gasteiger partial charge in [0.05, 0.1) is 17.4 Å². The number of carboxylic acids is 1. The molecule has 3 heterocycles. The zero-order valence-corrected chi connectivity index (χ0v) is 18.4. The number of pyridine rings is 2. The number of nitrogens with one attached hydrogen (secondary N) is 2. The van der Waals surface area contributed by atoms with Crippen LogP contribution in [0.2, 0.25) is 0 Å². The standard InChI is InChI=1S/C24H26N6O3/c1-14-8-21(25-12-20(14)30-13-16(23(32)33)4-7-22(30)31)28-18-5-6-19(9-18)29-24-26-10-17(11-27-24)15-2-3-15/h4,7-8,10-13,15,18-19H,2-3,5-6,9H2,1H3,(H,25,28)(H,32,33)(H,26,27,29)/t18-,19-/m0/s1. The Hall–Kier alpha value is -3.75. The quantitative estimate of drug-likeness (QED) is 0.505. The second-order valence-corrected chi connectivity index (χ2v) is 8.90. The molecule has 5 rings (SSSR count). The van der Waals surface area contributed by atoms with Gasteiger partial charge in [0.2, 0.25) is 5.95 Å². The van der Waals surface area contributed by atoms with Gasteiger partial charge in [-0.1, -0.05) is 0 Å². The van der Waals surface area contributed by atoms with Gasteiger partial charge in [0.25, 0.3) is 5.56 Å². The fourth-order valence-electron chi connectivity index (χ4n) is 4.36. The van der Waals surface area contributed by atoms with Gasteiger partial charge in [-0.3, -0.25) is 9.36 Å². The maximum Gasteiger partial charge on any atom is 0.337 e. The molecular formula is C24H26N6O3. The van der Waals surface area contributed by atoms with Crippen LogP contribution in [-0.2, 0) is 0 Å². The molecule has 2 fully saturated rings. The predicted octanol–water partition coefficient (Wildman–Crippen LogP) is 3.35. The van der Waals surface area contributed by atoms with E-state index in [9.17, 15) is 14.7 Å². The van der Waals surface area contributed by atoms with E-state index in [1.807, 2.05) is 25.4 Å². The van der Waals surface area contributed by atoms with Crippen LogP contribution in [-0.4, -0.2) is 42.7 Å². The van der Waals surface area contributed by atoms with E-state index in [-0.39, 0.29) is 17.2 Å². The molecule has 3 aromatic heterocycles. The maximum atomic E-state index is 12.3. The number of hydrogen-bond donors (Lipinski definition) is 3. The highest BCUT2D eigenvalue weighted by atomic mass is 16.4. The van der Waals surface area contributed by atoms with Crippen molar-refractivity contribution < 1.29 is 9.90 Å². The average Bonchev–Trinajstić information content (AvgIpc) is 3.56. The number of carbonyl (C=O) groups is 1. The summed E-state index contributed by atoms with van der Waals surface area (Å²) in [6.45, 7) is 1.88. The largest absolute Gasteiger partial charge is 0.478 e. The van der Waals surface area contributed by atoms with E-state index in [1.54, 1.807) is 6.20 Å². The first-order valence-corrected chi connectivity index (χ1v) is 11.2. The Morgan fingerprint density at radius 1 is 1.03 bits per heavy atom. The Kier molecular flexibility index (Phi) is 5.53. The average molecular weight is 447 g/mol. The van der Waals surface area contributed by atoms with E-state index < -0.39 is 5.97 Å². The van der Waals surface area contributed by atoms with Gasteiger partial charge < -0.3 is 15.7 Å². The summed E-state index contributed by atoms with van der Waals surface area (Å²) >= 11 is 0. The fraction of sp³-hybridized carbons (Fsp3) is 0.375. The lowest BCUT2D eigenvalue weighted by Gasteiger charge is -2.17. The van der Waals surface area contributed by atoms with Crippen LogP contribution in [0.3, 0.4) is 0 Å². The van der Waals surface area contributed by atoms with Crippen molar-refractivity contribution in [2.45, 2.75) is 57.0 Å². The van der Waals surface area contributed by atoms with Crippen LogP contribution in [0.5, 0.6) is 0 Å². The molecule has 0 bridgehead atoms. The van der Waals surface area contributed by atoms with Gasteiger partial charge in [0.15, 0.2) is 0 Å². The number of anilines is 2. The number of nitrogens with zero attached hydrogens (tertiary/aromatic N) is 4. The van der Waals surface area contributed by atoms with E-state index in [1.165, 1.54) is 41.3 Å². The Labute approximate surface area is 190 Å². The van der Waals surface area contributed by atoms with Crippen molar-refractivity contribution in [3.05, 3.63) is 70.0 Å². The summed E-state index contributed by atoms with van der Waals surface area (Å²) in [5.41, 5.74) is 2.36. The molecule has 0 aromatic carbocycles. The molecule has 2 saturated carbocycles. The van der Waals surface area contributed by atoms with E-state index in [0.717, 1.165) is 30.6 Å². The SMILES string of the molecule is Cc1cc(N[C@H]2CC[C@H](Nc3ncc(C4CC4)cn3)C2)ncc1-n1cc(C(=O)O)ccc1=O. The summed E-state index contributed by atoms with van der Waals surface area (Å²) in [6, 6.07) is 5.01. The molecule has 2 aliphatic rings. The van der Waals surface area contributed by atoms with Gasteiger partial charge in [-0.2, -0.15) is 0 Å². The van der Waals surface area contributed by atoms with Crippen LogP contribution in [0.15, 0.2) is 47.8 Å². The zero-order valence-electron chi connectivity index (χ0n) is 18.4. The molecule has 0 radical (unpaired) electrons. The lowest BCUT2D eigenvalue weighted by atomic mass is 10.2. The van der Waals surface area contributed by atoms with Gasteiger partial charge >= 0.3 is 5.97 Å². The van der Waals surface area contributed by atoms with E-state index >= 15 is 0 Å². The maximum absolute atomic E-state index is 12.3. The number of carboxylic acid groups (broad SMARTS) is 1. The summed E-state index contributed by atoms with van der Waals surface area (Å²) in [5, 5.41) is 16.1. The monoisotopic (exact) mass is 446 g/mol. The van der Waals surface area contributed by atoms with Gasteiger partial charge in [-0.25, -0.2) is 19.7 Å². The third-order valence-electron chi connectivity index (χ3n) is 6.34. The fourth-order valence-corrected chi connectivity index (χ4v) is 4.36. The number of hydrogen-bond acceptors (Lipinski definition) is 7. The molecule has 2 atom stereocenters. The predicted molar refractivity (Wildman–Crippen MR) is 124 cm³/mol. The molecular weight excluding hydrogens is 420 g/mol. The highest BCUT2D eigenvalue weighted by molar-refractivity contribution is 5.87. The Morgan fingerprint density at radius 2 is 1.76 bits per heavy atom. The zero-order chi connectivity index (χ0) is 22.9. The van der Waals surface area contributed by atoms with Crippen molar-refractivity contribution in [1.29, 1.82) is 0 Å². The van der Waals surface area contributed by atoms with Crippen molar-refractivity contribution in [2.75, 3.05) is 10.6 Å². The van der Waals surface area contributed by atoms with E-state index in [0.29, 0.717) is 23.6 Å². The Morgan fingerprint density at radius 3 is 2.42 bits per heavy atom. The molecule has 9 nitrogen and oxygen atoms in total. The molecule has 0 saturated heterocycles. The van der Waals surface area contributed by atoms with Gasteiger partial charge in [0, 0.05) is 36.7 Å². The van der Waals surface area contributed by atoms with Crippen molar-refractivity contribution in [1.82, 2.24) is 19.5 Å². The summed E-state index contributed by atoms with van der Waals surface area (Å²) < 4.78 is 1.32. The van der Waals surface area contributed by atoms with Crippen LogP contribution in [0.25, 0.3) is 5.69 Å². The van der Waals surface area contributed by atoms with Crippen molar-refractivity contribution in [2.24, 2.45) is 0 Å². The minimum Gasteiger partial charge on any atom is -0.478 e. The van der Waals surface area contributed by atoms with Gasteiger partial charge in [-0.05, 0) is 68.2 Å². The van der Waals surface area contributed by atoms with Crippen molar-refractivity contribution in [3.63, 3.8) is 0 Å². The topological polar surface area (TPSA) is 122 Å². The second kappa shape index (κ2) is 8.65. The summed E-state index contributed by atoms with van der Waals surface area (Å²) in [4.78, 5) is 36.9. The van der Waals surface area contributed by atoms with Gasteiger partial charge in [-0.15, -0.1) is 0 Å². The van der Waals surface area contributed by atoms with Crippen LogP contribution in [0, 0.1) is 6.92 Å². The molecule has 33 heavy (non-hydrogen) atoms. The molecule has 3 N–H and O–H groups in total. The number of aromatic nitrogens is 4. The van der Waals surface area contributed by atoms with Crippen molar-refractivity contribution >= 4 is 17.7 Å². The molecule has 0 spiro atoms. The number of rotatable bonds is 7. The smallest absolute Gasteiger partial charge is 0.337 e. The molecule has 3 aromatic rings. The lowest BCUT2D eigenvalue weighted by Crippen LogP contribution is -2.22. The van der Waals surface area contributed by atoms with Crippen LogP contribution < -0.4 is 16.2 Å². The second-order valence-electron chi connectivity index (χ2n) is 8.90. The summed E-state index contributed by atoms with van der Waals surface area (Å²) in [5.74, 6) is 0.981. The van der Waals surface area contributed by atoms with Crippen LogP contribution >= 0.6 is 0 Å². The lowest BCUT2D eigenvalue weighted by molar-refractivity contribution is 0.0696. The molecule has 0 aliphatic heterocycles. The normalized spacial score (nSPS) is 19.9. The third-order valence-corrected chi connectivity index (χ3v) is 6.34. The van der Waals surface area contributed by atoms with E-state index in [4.69, 9.17) is 0 Å². The molecule has 9 heteroatoms. The van der Waals surface area contributed by atoms with Crippen LogP contribution in [0.4, 0.5) is 11.8 Å². The molecule has 0 amide bonds. The number of aryl methyl sites for hydroxylation is 1. The summed E-state index contributed by atoms with van der Waals surface area (Å²) in [7, 11) is 0. The van der Waals surface area contributed by atoms with Gasteiger partial charge in [0.1, 0.15) is 5.82 Å². The van der Waals surface area contributed by atoms with E-state index in [2.05, 4.69) is 25.6 Å². The van der Waals surface area contributed by atoms with Crippen molar-refractivity contribution in [3.8, 4) is 5.69 Å².